The van der Waals surface area contributed by atoms with Crippen molar-refractivity contribution in [3.63, 3.8) is 0 Å². The fourth-order valence-corrected chi connectivity index (χ4v) is 2.65. The number of carbonyl (C=O) groups excluding carboxylic acids is 1. The summed E-state index contributed by atoms with van der Waals surface area (Å²) in [6.07, 6.45) is 6.64. The summed E-state index contributed by atoms with van der Waals surface area (Å²) < 4.78 is 0. The van der Waals surface area contributed by atoms with Gasteiger partial charge >= 0.3 is 0 Å². The molecule has 1 atom stereocenters. The second-order valence-electron chi connectivity index (χ2n) is 5.08. The van der Waals surface area contributed by atoms with Crippen molar-refractivity contribution in [3.8, 4) is 0 Å². The van der Waals surface area contributed by atoms with E-state index in [0.29, 0.717) is 6.42 Å². The molecule has 1 heterocycles. The number of aryl methyl sites for hydroxylation is 1. The van der Waals surface area contributed by atoms with Gasteiger partial charge in [0.05, 0.1) is 11.7 Å². The molecule has 1 aromatic carbocycles. The molecule has 1 unspecified atom stereocenters. The van der Waals surface area contributed by atoms with Crippen molar-refractivity contribution in [2.24, 2.45) is 0 Å². The molecule has 3 rings (SSSR count). The highest BCUT2D eigenvalue weighted by Gasteiger charge is 2.25. The number of ketones is 1. The normalized spacial score (nSPS) is 22.7. The number of carbonyl (C=O) groups is 1. The van der Waals surface area contributed by atoms with Gasteiger partial charge in [0.25, 0.3) is 0 Å². The lowest BCUT2D eigenvalue weighted by atomic mass is 9.89. The van der Waals surface area contributed by atoms with E-state index in [2.05, 4.69) is 42.6 Å². The van der Waals surface area contributed by atoms with Gasteiger partial charge in [0, 0.05) is 6.42 Å². The molecular formula is C16H17NO. The van der Waals surface area contributed by atoms with Crippen LogP contribution in [0.3, 0.4) is 0 Å². The average molecular weight is 239 g/mol. The van der Waals surface area contributed by atoms with Crippen molar-refractivity contribution < 1.29 is 4.79 Å². The SMILES string of the molecule is Cc1ccc(C2CCC3=C(N2)C(=O)CC=C3)cc1. The van der Waals surface area contributed by atoms with Crippen LogP contribution in [0.2, 0.25) is 0 Å². The van der Waals surface area contributed by atoms with E-state index < -0.39 is 0 Å². The van der Waals surface area contributed by atoms with Crippen LogP contribution in [0.5, 0.6) is 0 Å². The molecule has 0 bridgehead atoms. The summed E-state index contributed by atoms with van der Waals surface area (Å²) in [7, 11) is 0. The number of rotatable bonds is 1. The van der Waals surface area contributed by atoms with Crippen molar-refractivity contribution in [2.75, 3.05) is 0 Å². The lowest BCUT2D eigenvalue weighted by Crippen LogP contribution is -2.31. The highest BCUT2D eigenvalue weighted by molar-refractivity contribution is 5.98. The van der Waals surface area contributed by atoms with Gasteiger partial charge in [0.15, 0.2) is 5.78 Å². The van der Waals surface area contributed by atoms with Gasteiger partial charge in [-0.25, -0.2) is 0 Å². The molecule has 0 saturated carbocycles. The van der Waals surface area contributed by atoms with Crippen LogP contribution in [0.15, 0.2) is 47.7 Å². The first-order valence-electron chi connectivity index (χ1n) is 6.50. The minimum Gasteiger partial charge on any atom is -0.375 e. The van der Waals surface area contributed by atoms with Crippen LogP contribution in [0.1, 0.15) is 36.4 Å². The Morgan fingerprint density at radius 3 is 2.78 bits per heavy atom. The van der Waals surface area contributed by atoms with Crippen LogP contribution in [-0.4, -0.2) is 5.78 Å². The molecule has 18 heavy (non-hydrogen) atoms. The van der Waals surface area contributed by atoms with Crippen molar-refractivity contribution >= 4 is 5.78 Å². The van der Waals surface area contributed by atoms with Gasteiger partial charge in [0.2, 0.25) is 0 Å². The molecule has 1 N–H and O–H groups in total. The van der Waals surface area contributed by atoms with Gasteiger partial charge in [0.1, 0.15) is 0 Å². The van der Waals surface area contributed by atoms with E-state index in [9.17, 15) is 4.79 Å². The molecule has 0 spiro atoms. The van der Waals surface area contributed by atoms with Crippen molar-refractivity contribution in [2.45, 2.75) is 32.2 Å². The van der Waals surface area contributed by atoms with E-state index in [1.165, 1.54) is 16.7 Å². The molecule has 1 aliphatic heterocycles. The first-order valence-corrected chi connectivity index (χ1v) is 6.50. The van der Waals surface area contributed by atoms with E-state index >= 15 is 0 Å². The molecule has 2 heteroatoms. The topological polar surface area (TPSA) is 29.1 Å². The largest absolute Gasteiger partial charge is 0.375 e. The maximum atomic E-state index is 11.9. The van der Waals surface area contributed by atoms with Gasteiger partial charge < -0.3 is 5.32 Å². The zero-order chi connectivity index (χ0) is 12.5. The van der Waals surface area contributed by atoms with Gasteiger partial charge in [-0.1, -0.05) is 42.0 Å². The fraction of sp³-hybridized carbons (Fsp3) is 0.312. The van der Waals surface area contributed by atoms with Gasteiger partial charge in [-0.2, -0.15) is 0 Å². The predicted molar refractivity (Wildman–Crippen MR) is 72.1 cm³/mol. The molecule has 0 radical (unpaired) electrons. The number of nitrogens with one attached hydrogen (secondary N) is 1. The van der Waals surface area contributed by atoms with Crippen LogP contribution in [0, 0.1) is 6.92 Å². The molecular weight excluding hydrogens is 222 g/mol. The maximum Gasteiger partial charge on any atom is 0.182 e. The Kier molecular flexibility index (Phi) is 2.78. The van der Waals surface area contributed by atoms with Gasteiger partial charge in [-0.3, -0.25) is 4.79 Å². The summed E-state index contributed by atoms with van der Waals surface area (Å²) >= 11 is 0. The lowest BCUT2D eigenvalue weighted by Gasteiger charge is -2.29. The highest BCUT2D eigenvalue weighted by Crippen LogP contribution is 2.31. The van der Waals surface area contributed by atoms with Crippen LogP contribution in [-0.2, 0) is 4.79 Å². The number of allylic oxidation sites excluding steroid dienone is 4. The summed E-state index contributed by atoms with van der Waals surface area (Å²) in [5.41, 5.74) is 4.56. The van der Waals surface area contributed by atoms with Crippen molar-refractivity contribution in [1.29, 1.82) is 0 Å². The monoisotopic (exact) mass is 239 g/mol. The molecule has 0 fully saturated rings. The number of hydrogen-bond donors (Lipinski definition) is 1. The minimum absolute atomic E-state index is 0.226. The molecule has 2 nitrogen and oxygen atoms in total. The quantitative estimate of drug-likeness (QED) is 0.815. The summed E-state index contributed by atoms with van der Waals surface area (Å²) in [4.78, 5) is 11.9. The summed E-state index contributed by atoms with van der Waals surface area (Å²) in [5, 5.41) is 3.42. The Morgan fingerprint density at radius 2 is 2.00 bits per heavy atom. The smallest absolute Gasteiger partial charge is 0.182 e. The van der Waals surface area contributed by atoms with E-state index in [1.54, 1.807) is 0 Å². The fourth-order valence-electron chi connectivity index (χ4n) is 2.65. The Hall–Kier alpha value is -1.83. The van der Waals surface area contributed by atoms with Crippen LogP contribution in [0.25, 0.3) is 0 Å². The minimum atomic E-state index is 0.226. The highest BCUT2D eigenvalue weighted by atomic mass is 16.1. The summed E-state index contributed by atoms with van der Waals surface area (Å²) in [5.74, 6) is 0.226. The standard InChI is InChI=1S/C16H17NO/c1-11-5-7-12(8-6-11)14-10-9-13-3-2-4-15(18)16(13)17-14/h2-3,5-8,14,17H,4,9-10H2,1H3. The van der Waals surface area contributed by atoms with Gasteiger partial charge in [-0.15, -0.1) is 0 Å². The average Bonchev–Trinajstić information content (AvgIpc) is 2.40. The van der Waals surface area contributed by atoms with E-state index in [-0.39, 0.29) is 11.8 Å². The molecule has 0 aromatic heterocycles. The summed E-state index contributed by atoms with van der Waals surface area (Å²) in [6.45, 7) is 2.09. The van der Waals surface area contributed by atoms with Crippen molar-refractivity contribution in [1.82, 2.24) is 5.32 Å². The molecule has 1 aliphatic carbocycles. The van der Waals surface area contributed by atoms with E-state index in [1.807, 2.05) is 6.08 Å². The Labute approximate surface area is 107 Å². The second-order valence-corrected chi connectivity index (χ2v) is 5.08. The van der Waals surface area contributed by atoms with Crippen LogP contribution in [0.4, 0.5) is 0 Å². The predicted octanol–water partition coefficient (Wildman–Crippen LogP) is 3.20. The lowest BCUT2D eigenvalue weighted by molar-refractivity contribution is -0.115. The van der Waals surface area contributed by atoms with Gasteiger partial charge in [-0.05, 0) is 30.9 Å². The number of benzene rings is 1. The molecule has 0 saturated heterocycles. The second kappa shape index (κ2) is 4.45. The molecule has 92 valence electrons. The van der Waals surface area contributed by atoms with Crippen LogP contribution < -0.4 is 5.32 Å². The number of hydrogen-bond acceptors (Lipinski definition) is 2. The first-order chi connectivity index (χ1) is 8.74. The Morgan fingerprint density at radius 1 is 1.22 bits per heavy atom. The third-order valence-electron chi connectivity index (χ3n) is 3.72. The zero-order valence-corrected chi connectivity index (χ0v) is 10.6. The molecule has 0 amide bonds. The van der Waals surface area contributed by atoms with E-state index in [0.717, 1.165) is 18.5 Å². The molecule has 2 aliphatic rings. The van der Waals surface area contributed by atoms with Crippen molar-refractivity contribution in [3.05, 3.63) is 58.8 Å². The number of Topliss-reactive ketones (excluding diaryl/α,β-unsaturated/α-hetero) is 1. The maximum absolute atomic E-state index is 11.9. The third kappa shape index (κ3) is 1.99. The summed E-state index contributed by atoms with van der Waals surface area (Å²) in [6, 6.07) is 8.84. The third-order valence-corrected chi connectivity index (χ3v) is 3.72. The van der Waals surface area contributed by atoms with E-state index in [4.69, 9.17) is 0 Å². The Balaban J connectivity index is 1.86. The molecule has 1 aromatic rings. The first kappa shape index (κ1) is 11.3. The zero-order valence-electron chi connectivity index (χ0n) is 10.6. The van der Waals surface area contributed by atoms with Crippen LogP contribution >= 0.6 is 0 Å². The Bertz CT molecular complexity index is 537.